The van der Waals surface area contributed by atoms with Crippen molar-refractivity contribution in [2.45, 2.75) is 64.5 Å². The van der Waals surface area contributed by atoms with Crippen molar-refractivity contribution >= 4 is 5.69 Å². The van der Waals surface area contributed by atoms with Gasteiger partial charge >= 0.3 is 0 Å². The van der Waals surface area contributed by atoms with Gasteiger partial charge in [0, 0.05) is 12.2 Å². The summed E-state index contributed by atoms with van der Waals surface area (Å²) < 4.78 is 0. The van der Waals surface area contributed by atoms with Crippen LogP contribution in [0.1, 0.15) is 50.2 Å². The second-order valence-electron chi connectivity index (χ2n) is 6.65. The minimum atomic E-state index is -0.148. The lowest BCUT2D eigenvalue weighted by atomic mass is 9.80. The van der Waals surface area contributed by atoms with Crippen molar-refractivity contribution in [1.29, 1.82) is 0 Å². The van der Waals surface area contributed by atoms with Gasteiger partial charge in [-0.05, 0) is 56.6 Å². The van der Waals surface area contributed by atoms with Crippen LogP contribution >= 0.6 is 0 Å². The summed E-state index contributed by atoms with van der Waals surface area (Å²) in [6.45, 7) is 5.56. The van der Waals surface area contributed by atoms with Gasteiger partial charge in [-0.25, -0.2) is 0 Å². The molecule has 3 atom stereocenters. The van der Waals surface area contributed by atoms with Gasteiger partial charge < -0.3 is 10.0 Å². The molecule has 3 unspecified atom stereocenters. The minimum absolute atomic E-state index is 0.148. The Bertz CT molecular complexity index is 470. The van der Waals surface area contributed by atoms with Crippen molar-refractivity contribution in [1.82, 2.24) is 0 Å². The number of hydrogen-bond donors (Lipinski definition) is 1. The summed E-state index contributed by atoms with van der Waals surface area (Å²) in [4.78, 5) is 2.50. The van der Waals surface area contributed by atoms with E-state index in [1.165, 1.54) is 42.5 Å². The summed E-state index contributed by atoms with van der Waals surface area (Å²) in [6, 6.07) is 7.14. The van der Waals surface area contributed by atoms with Gasteiger partial charge in [0.25, 0.3) is 0 Å². The normalized spacial score (nSPS) is 30.1. The maximum atomic E-state index is 10.5. The number of nitrogens with zero attached hydrogens (tertiary/aromatic N) is 1. The molecule has 0 saturated heterocycles. The van der Waals surface area contributed by atoms with Crippen molar-refractivity contribution < 1.29 is 5.11 Å². The first-order chi connectivity index (χ1) is 9.69. The molecule has 0 spiro atoms. The second-order valence-corrected chi connectivity index (χ2v) is 6.65. The highest BCUT2D eigenvalue weighted by molar-refractivity contribution is 5.57. The summed E-state index contributed by atoms with van der Waals surface area (Å²) in [7, 11) is 0. The van der Waals surface area contributed by atoms with E-state index in [0.29, 0.717) is 6.04 Å². The van der Waals surface area contributed by atoms with Crippen LogP contribution in [0, 0.1) is 12.8 Å². The van der Waals surface area contributed by atoms with Gasteiger partial charge in [-0.1, -0.05) is 31.0 Å². The van der Waals surface area contributed by atoms with E-state index in [1.807, 2.05) is 0 Å². The SMILES string of the molecule is CCC1CCC(O)C(N2CCCc3cc(C)ccc32)C1. The van der Waals surface area contributed by atoms with Crippen molar-refractivity contribution in [3.05, 3.63) is 29.3 Å². The molecule has 2 nitrogen and oxygen atoms in total. The lowest BCUT2D eigenvalue weighted by Crippen LogP contribution is -2.49. The van der Waals surface area contributed by atoms with Gasteiger partial charge in [0.05, 0.1) is 12.1 Å². The zero-order chi connectivity index (χ0) is 14.1. The molecule has 1 aliphatic carbocycles. The Kier molecular flexibility index (Phi) is 4.02. The van der Waals surface area contributed by atoms with Crippen LogP contribution in [0.15, 0.2) is 18.2 Å². The average molecular weight is 273 g/mol. The van der Waals surface area contributed by atoms with E-state index in [4.69, 9.17) is 0 Å². The molecule has 1 N–H and O–H groups in total. The molecular weight excluding hydrogens is 246 g/mol. The van der Waals surface area contributed by atoms with Gasteiger partial charge in [0.2, 0.25) is 0 Å². The van der Waals surface area contributed by atoms with Crippen LogP contribution in [-0.2, 0) is 6.42 Å². The number of rotatable bonds is 2. The molecule has 20 heavy (non-hydrogen) atoms. The van der Waals surface area contributed by atoms with Crippen molar-refractivity contribution in [2.75, 3.05) is 11.4 Å². The topological polar surface area (TPSA) is 23.5 Å². The Morgan fingerprint density at radius 1 is 1.30 bits per heavy atom. The molecule has 3 rings (SSSR count). The molecule has 110 valence electrons. The van der Waals surface area contributed by atoms with E-state index >= 15 is 0 Å². The maximum Gasteiger partial charge on any atom is 0.0743 e. The first-order valence-corrected chi connectivity index (χ1v) is 8.23. The fraction of sp³-hybridized carbons (Fsp3) is 0.667. The zero-order valence-corrected chi connectivity index (χ0v) is 12.8. The van der Waals surface area contributed by atoms with Crippen LogP contribution in [0.2, 0.25) is 0 Å². The van der Waals surface area contributed by atoms with Crippen LogP contribution in [0.4, 0.5) is 5.69 Å². The Balaban J connectivity index is 1.87. The van der Waals surface area contributed by atoms with E-state index in [9.17, 15) is 5.11 Å². The molecule has 0 bridgehead atoms. The minimum Gasteiger partial charge on any atom is -0.391 e. The Hall–Kier alpha value is -1.02. The standard InChI is InChI=1S/C18H27NO/c1-3-14-7-9-18(20)17(12-14)19-10-4-5-15-11-13(2)6-8-16(15)19/h6,8,11,14,17-18,20H,3-5,7,9-10,12H2,1-2H3. The first-order valence-electron chi connectivity index (χ1n) is 8.23. The number of fused-ring (bicyclic) bond motifs is 1. The lowest BCUT2D eigenvalue weighted by Gasteiger charge is -2.44. The smallest absolute Gasteiger partial charge is 0.0743 e. The number of hydrogen-bond acceptors (Lipinski definition) is 2. The molecule has 1 aliphatic heterocycles. The van der Waals surface area contributed by atoms with E-state index in [-0.39, 0.29) is 6.10 Å². The third-order valence-electron chi connectivity index (χ3n) is 5.26. The van der Waals surface area contributed by atoms with Crippen LogP contribution in [-0.4, -0.2) is 23.8 Å². The summed E-state index contributed by atoms with van der Waals surface area (Å²) in [5.74, 6) is 0.791. The number of aryl methyl sites for hydroxylation is 2. The molecule has 1 aromatic rings. The van der Waals surface area contributed by atoms with E-state index < -0.39 is 0 Å². The van der Waals surface area contributed by atoms with Gasteiger partial charge in [0.1, 0.15) is 0 Å². The molecule has 1 saturated carbocycles. The average Bonchev–Trinajstić information content (AvgIpc) is 2.47. The van der Waals surface area contributed by atoms with E-state index in [1.54, 1.807) is 0 Å². The van der Waals surface area contributed by atoms with Gasteiger partial charge in [-0.2, -0.15) is 0 Å². The lowest BCUT2D eigenvalue weighted by molar-refractivity contribution is 0.0809. The quantitative estimate of drug-likeness (QED) is 0.888. The van der Waals surface area contributed by atoms with Crippen LogP contribution in [0.5, 0.6) is 0 Å². The molecule has 1 fully saturated rings. The second kappa shape index (κ2) is 5.77. The summed E-state index contributed by atoms with van der Waals surface area (Å²) in [5, 5.41) is 10.5. The van der Waals surface area contributed by atoms with Crippen molar-refractivity contribution in [2.24, 2.45) is 5.92 Å². The zero-order valence-electron chi connectivity index (χ0n) is 12.8. The Labute approximate surface area is 122 Å². The van der Waals surface area contributed by atoms with Crippen molar-refractivity contribution in [3.8, 4) is 0 Å². The summed E-state index contributed by atoms with van der Waals surface area (Å²) in [6.07, 6.45) is 6.83. The van der Waals surface area contributed by atoms with E-state index in [2.05, 4.69) is 36.9 Å². The predicted octanol–water partition coefficient (Wildman–Crippen LogP) is 3.69. The Morgan fingerprint density at radius 2 is 2.15 bits per heavy atom. The molecule has 1 aromatic carbocycles. The van der Waals surface area contributed by atoms with Crippen LogP contribution in [0.3, 0.4) is 0 Å². The maximum absolute atomic E-state index is 10.5. The van der Waals surface area contributed by atoms with Crippen LogP contribution in [0.25, 0.3) is 0 Å². The first kappa shape index (κ1) is 13.9. The fourth-order valence-corrected chi connectivity index (χ4v) is 4.02. The summed E-state index contributed by atoms with van der Waals surface area (Å²) >= 11 is 0. The largest absolute Gasteiger partial charge is 0.391 e. The predicted molar refractivity (Wildman–Crippen MR) is 84.3 cm³/mol. The van der Waals surface area contributed by atoms with Gasteiger partial charge in [-0.15, -0.1) is 0 Å². The van der Waals surface area contributed by atoms with Gasteiger partial charge in [-0.3, -0.25) is 0 Å². The Morgan fingerprint density at radius 3 is 2.95 bits per heavy atom. The number of anilines is 1. The number of benzene rings is 1. The molecule has 1 heterocycles. The molecule has 0 amide bonds. The third kappa shape index (κ3) is 2.58. The molecule has 0 aromatic heterocycles. The monoisotopic (exact) mass is 273 g/mol. The molecular formula is C18H27NO. The molecule has 2 aliphatic rings. The molecule has 0 radical (unpaired) electrons. The highest BCUT2D eigenvalue weighted by Gasteiger charge is 2.34. The van der Waals surface area contributed by atoms with Crippen molar-refractivity contribution in [3.63, 3.8) is 0 Å². The number of aliphatic hydroxyl groups is 1. The molecule has 2 heteroatoms. The fourth-order valence-electron chi connectivity index (χ4n) is 4.02. The van der Waals surface area contributed by atoms with Crippen LogP contribution < -0.4 is 4.90 Å². The van der Waals surface area contributed by atoms with E-state index in [0.717, 1.165) is 25.3 Å². The number of aliphatic hydroxyl groups excluding tert-OH is 1. The summed E-state index contributed by atoms with van der Waals surface area (Å²) in [5.41, 5.74) is 4.20. The van der Waals surface area contributed by atoms with Gasteiger partial charge in [0.15, 0.2) is 0 Å². The third-order valence-corrected chi connectivity index (χ3v) is 5.26. The highest BCUT2D eigenvalue weighted by Crippen LogP contribution is 2.36. The highest BCUT2D eigenvalue weighted by atomic mass is 16.3.